The Hall–Kier alpha value is -2.94. The zero-order valence-corrected chi connectivity index (χ0v) is 23.5. The van der Waals surface area contributed by atoms with Crippen LogP contribution >= 0.6 is 11.6 Å². The summed E-state index contributed by atoms with van der Waals surface area (Å²) in [6, 6.07) is 11.1. The number of carbonyl (C=O) groups is 1. The Bertz CT molecular complexity index is 1010. The third kappa shape index (κ3) is 11.2. The molecule has 0 unspecified atom stereocenters. The molecule has 2 aromatic rings. The van der Waals surface area contributed by atoms with Crippen LogP contribution in [0.15, 0.2) is 42.2 Å². The van der Waals surface area contributed by atoms with Crippen LogP contribution in [0.3, 0.4) is 0 Å². The molecule has 0 saturated carbocycles. The van der Waals surface area contributed by atoms with Crippen molar-refractivity contribution in [2.24, 2.45) is 0 Å². The molecule has 0 aliphatic rings. The highest BCUT2D eigenvalue weighted by Gasteiger charge is 2.14. The highest BCUT2D eigenvalue weighted by Crippen LogP contribution is 2.31. The van der Waals surface area contributed by atoms with Crippen molar-refractivity contribution in [2.75, 3.05) is 53.5 Å². The van der Waals surface area contributed by atoms with E-state index in [0.717, 1.165) is 24.0 Å². The van der Waals surface area contributed by atoms with Gasteiger partial charge in [-0.25, -0.2) is 4.79 Å². The topological polar surface area (TPSA) is 81.7 Å². The summed E-state index contributed by atoms with van der Waals surface area (Å²) in [5.74, 6) is 1.41. The van der Waals surface area contributed by atoms with Gasteiger partial charge in [0, 0.05) is 13.5 Å². The standard InChI is InChI=1S/C29H39ClO8/c1-5-8-14-36-27-19-23(20-28(34-6-2)29(31)35-7-3)10-12-26(27)37-15-13-22-9-11-25(24(30)18-22)38-21-33-17-16-32-4/h9-12,18-20H,5-8,13-17,21H2,1-4H3. The lowest BCUT2D eigenvalue weighted by Crippen LogP contribution is -2.10. The first kappa shape index (κ1) is 31.3. The van der Waals surface area contributed by atoms with Crippen molar-refractivity contribution in [1.82, 2.24) is 0 Å². The van der Waals surface area contributed by atoms with Gasteiger partial charge in [-0.1, -0.05) is 37.1 Å². The Labute approximate surface area is 230 Å². The van der Waals surface area contributed by atoms with Gasteiger partial charge >= 0.3 is 5.97 Å². The smallest absolute Gasteiger partial charge is 0.373 e. The minimum Gasteiger partial charge on any atom is -0.490 e. The first-order valence-corrected chi connectivity index (χ1v) is 13.3. The Balaban J connectivity index is 2.05. The number of halogens is 1. The van der Waals surface area contributed by atoms with Gasteiger partial charge in [0.25, 0.3) is 0 Å². The molecule has 0 aliphatic carbocycles. The molecule has 0 aliphatic heterocycles. The number of methoxy groups -OCH3 is 1. The number of unbranched alkanes of at least 4 members (excludes halogenated alkanes) is 1. The van der Waals surface area contributed by atoms with Gasteiger partial charge in [0.2, 0.25) is 5.76 Å². The van der Waals surface area contributed by atoms with Crippen molar-refractivity contribution in [1.29, 1.82) is 0 Å². The average Bonchev–Trinajstić information content (AvgIpc) is 2.90. The van der Waals surface area contributed by atoms with E-state index in [4.69, 9.17) is 44.8 Å². The second-order valence-corrected chi connectivity index (χ2v) is 8.50. The minimum absolute atomic E-state index is 0.101. The Morgan fingerprint density at radius 3 is 2.32 bits per heavy atom. The van der Waals surface area contributed by atoms with E-state index in [0.29, 0.717) is 61.7 Å². The number of carbonyl (C=O) groups excluding carboxylic acids is 1. The quantitative estimate of drug-likeness (QED) is 0.0684. The Kier molecular flexibility index (Phi) is 15.1. The summed E-state index contributed by atoms with van der Waals surface area (Å²) in [6.45, 7) is 8.32. The van der Waals surface area contributed by atoms with Crippen molar-refractivity contribution in [3.63, 3.8) is 0 Å². The maximum absolute atomic E-state index is 12.2. The number of esters is 1. The summed E-state index contributed by atoms with van der Waals surface area (Å²) in [7, 11) is 1.61. The van der Waals surface area contributed by atoms with Gasteiger partial charge < -0.3 is 33.2 Å². The highest BCUT2D eigenvalue weighted by molar-refractivity contribution is 6.32. The van der Waals surface area contributed by atoms with E-state index in [1.54, 1.807) is 20.1 Å². The number of rotatable bonds is 19. The summed E-state index contributed by atoms with van der Waals surface area (Å²) in [5.41, 5.74) is 1.75. The van der Waals surface area contributed by atoms with Gasteiger partial charge in [0.1, 0.15) is 5.75 Å². The zero-order chi connectivity index (χ0) is 27.6. The third-order valence-corrected chi connectivity index (χ3v) is 5.47. The first-order valence-electron chi connectivity index (χ1n) is 12.9. The molecule has 210 valence electrons. The van der Waals surface area contributed by atoms with Gasteiger partial charge in [0.05, 0.1) is 44.7 Å². The number of hydrogen-bond acceptors (Lipinski definition) is 8. The van der Waals surface area contributed by atoms with Crippen LogP contribution in [0.1, 0.15) is 44.7 Å². The molecule has 0 N–H and O–H groups in total. The Morgan fingerprint density at radius 2 is 1.61 bits per heavy atom. The van der Waals surface area contributed by atoms with Crippen LogP contribution in [0.5, 0.6) is 17.2 Å². The van der Waals surface area contributed by atoms with E-state index in [9.17, 15) is 4.79 Å². The van der Waals surface area contributed by atoms with Crippen LogP contribution in [0.4, 0.5) is 0 Å². The SMILES string of the molecule is CCCCOc1cc(C=C(OCC)C(=O)OCC)ccc1OCCc1ccc(OCOCCOC)c(Cl)c1. The molecule has 0 spiro atoms. The number of ether oxygens (including phenoxy) is 7. The fourth-order valence-electron chi connectivity index (χ4n) is 3.24. The van der Waals surface area contributed by atoms with E-state index in [-0.39, 0.29) is 19.2 Å². The second-order valence-electron chi connectivity index (χ2n) is 8.10. The lowest BCUT2D eigenvalue weighted by atomic mass is 10.1. The summed E-state index contributed by atoms with van der Waals surface area (Å²) in [6.07, 6.45) is 4.20. The van der Waals surface area contributed by atoms with Crippen LogP contribution in [-0.2, 0) is 30.2 Å². The lowest BCUT2D eigenvalue weighted by Gasteiger charge is -2.14. The van der Waals surface area contributed by atoms with Crippen LogP contribution in [-0.4, -0.2) is 59.5 Å². The molecule has 2 rings (SSSR count). The van der Waals surface area contributed by atoms with E-state index in [2.05, 4.69) is 6.92 Å². The van der Waals surface area contributed by atoms with Crippen LogP contribution in [0, 0.1) is 0 Å². The van der Waals surface area contributed by atoms with Gasteiger partial charge in [-0.2, -0.15) is 0 Å². The van der Waals surface area contributed by atoms with E-state index in [1.807, 2.05) is 43.3 Å². The fourth-order valence-corrected chi connectivity index (χ4v) is 3.50. The van der Waals surface area contributed by atoms with Crippen LogP contribution in [0.25, 0.3) is 6.08 Å². The van der Waals surface area contributed by atoms with E-state index < -0.39 is 5.97 Å². The number of hydrogen-bond donors (Lipinski definition) is 0. The molecule has 0 atom stereocenters. The van der Waals surface area contributed by atoms with Gasteiger partial charge in [-0.15, -0.1) is 0 Å². The largest absolute Gasteiger partial charge is 0.490 e. The van der Waals surface area contributed by atoms with Crippen molar-refractivity contribution in [3.05, 3.63) is 58.3 Å². The molecular formula is C29H39ClO8. The number of benzene rings is 2. The summed E-state index contributed by atoms with van der Waals surface area (Å²) in [5, 5.41) is 0.504. The molecule has 9 heteroatoms. The first-order chi connectivity index (χ1) is 18.5. The molecule has 0 bridgehead atoms. The van der Waals surface area contributed by atoms with Crippen LogP contribution in [0.2, 0.25) is 5.02 Å². The molecule has 0 heterocycles. The molecule has 0 radical (unpaired) electrons. The summed E-state index contributed by atoms with van der Waals surface area (Å²) >= 11 is 6.37. The third-order valence-electron chi connectivity index (χ3n) is 5.17. The predicted molar refractivity (Wildman–Crippen MR) is 147 cm³/mol. The van der Waals surface area contributed by atoms with Gasteiger partial charge in [-0.05, 0) is 61.7 Å². The second kappa shape index (κ2) is 18.3. The van der Waals surface area contributed by atoms with Crippen molar-refractivity contribution < 1.29 is 38.0 Å². The van der Waals surface area contributed by atoms with Crippen molar-refractivity contribution in [3.8, 4) is 17.2 Å². The molecule has 8 nitrogen and oxygen atoms in total. The maximum Gasteiger partial charge on any atom is 0.373 e. The van der Waals surface area contributed by atoms with Crippen molar-refractivity contribution >= 4 is 23.6 Å². The molecule has 2 aromatic carbocycles. The molecule has 38 heavy (non-hydrogen) atoms. The van der Waals surface area contributed by atoms with Crippen LogP contribution < -0.4 is 14.2 Å². The minimum atomic E-state index is -0.503. The normalized spacial score (nSPS) is 11.2. The highest BCUT2D eigenvalue weighted by atomic mass is 35.5. The summed E-state index contributed by atoms with van der Waals surface area (Å²) < 4.78 is 38.4. The molecule has 0 saturated heterocycles. The van der Waals surface area contributed by atoms with E-state index >= 15 is 0 Å². The Morgan fingerprint density at radius 1 is 0.842 bits per heavy atom. The average molecular weight is 551 g/mol. The van der Waals surface area contributed by atoms with Crippen molar-refractivity contribution in [2.45, 2.75) is 40.0 Å². The molecule has 0 fully saturated rings. The van der Waals surface area contributed by atoms with E-state index in [1.165, 1.54) is 0 Å². The molecule has 0 amide bonds. The maximum atomic E-state index is 12.2. The van der Waals surface area contributed by atoms with Gasteiger partial charge in [-0.3, -0.25) is 0 Å². The van der Waals surface area contributed by atoms with Gasteiger partial charge in [0.15, 0.2) is 18.3 Å². The zero-order valence-electron chi connectivity index (χ0n) is 22.8. The monoisotopic (exact) mass is 550 g/mol. The summed E-state index contributed by atoms with van der Waals surface area (Å²) in [4.78, 5) is 12.2. The lowest BCUT2D eigenvalue weighted by molar-refractivity contribution is -0.142. The predicted octanol–water partition coefficient (Wildman–Crippen LogP) is 6.08. The molecule has 0 aromatic heterocycles. The molecular weight excluding hydrogens is 512 g/mol. The fraction of sp³-hybridized carbons (Fsp3) is 0.483.